The second kappa shape index (κ2) is 8.68. The lowest BCUT2D eigenvalue weighted by molar-refractivity contribution is 0.0535. The molecule has 10 heteroatoms. The van der Waals surface area contributed by atoms with Gasteiger partial charge in [0.25, 0.3) is 11.8 Å². The molecule has 2 heterocycles. The lowest BCUT2D eigenvalue weighted by Crippen LogP contribution is -2.50. The van der Waals surface area contributed by atoms with Crippen molar-refractivity contribution in [1.29, 1.82) is 0 Å². The van der Waals surface area contributed by atoms with Crippen LogP contribution in [0.1, 0.15) is 27.1 Å². The summed E-state index contributed by atoms with van der Waals surface area (Å²) in [4.78, 5) is 28.9. The van der Waals surface area contributed by atoms with Crippen LogP contribution in [0, 0.1) is 0 Å². The van der Waals surface area contributed by atoms with Crippen LogP contribution in [-0.2, 0) is 10.0 Å². The minimum Gasteiger partial charge on any atom is -0.335 e. The summed E-state index contributed by atoms with van der Waals surface area (Å²) in [7, 11) is -3.25. The topological polar surface area (TPSA) is 78.0 Å². The van der Waals surface area contributed by atoms with Gasteiger partial charge in [0.1, 0.15) is 0 Å². The van der Waals surface area contributed by atoms with Crippen LogP contribution in [0.5, 0.6) is 0 Å². The van der Waals surface area contributed by atoms with E-state index in [1.807, 2.05) is 0 Å². The van der Waals surface area contributed by atoms with E-state index in [1.54, 1.807) is 46.2 Å². The highest BCUT2D eigenvalue weighted by molar-refractivity contribution is 7.93. The van der Waals surface area contributed by atoms with Gasteiger partial charge in [-0.25, -0.2) is 8.42 Å². The lowest BCUT2D eigenvalue weighted by atomic mass is 10.1. The van der Waals surface area contributed by atoms with Crippen LogP contribution in [-0.4, -0.2) is 68.5 Å². The van der Waals surface area contributed by atoms with Crippen molar-refractivity contribution < 1.29 is 18.0 Å². The largest absolute Gasteiger partial charge is 0.335 e. The van der Waals surface area contributed by atoms with Gasteiger partial charge in [0, 0.05) is 43.3 Å². The molecule has 31 heavy (non-hydrogen) atoms. The Morgan fingerprint density at radius 1 is 0.806 bits per heavy atom. The molecule has 164 valence electrons. The molecule has 4 rings (SSSR count). The maximum Gasteiger partial charge on any atom is 0.255 e. The second-order valence-corrected chi connectivity index (χ2v) is 10.4. The van der Waals surface area contributed by atoms with E-state index in [0.29, 0.717) is 66.0 Å². The van der Waals surface area contributed by atoms with Crippen molar-refractivity contribution in [3.63, 3.8) is 0 Å². The molecule has 0 bridgehead atoms. The van der Waals surface area contributed by atoms with E-state index in [2.05, 4.69) is 0 Å². The SMILES string of the molecule is O=C(c1ccc(N2CCCS2(=O)=O)cc1)N1CCN(C(=O)c2ccc(Cl)cc2Cl)CC1. The van der Waals surface area contributed by atoms with Gasteiger partial charge in [-0.3, -0.25) is 13.9 Å². The summed E-state index contributed by atoms with van der Waals surface area (Å²) in [5.41, 5.74) is 1.45. The molecule has 0 atom stereocenters. The molecule has 0 radical (unpaired) electrons. The van der Waals surface area contributed by atoms with Crippen molar-refractivity contribution in [2.24, 2.45) is 0 Å². The van der Waals surface area contributed by atoms with Gasteiger partial charge in [-0.05, 0) is 48.9 Å². The molecular weight excluding hydrogens is 461 g/mol. The van der Waals surface area contributed by atoms with Gasteiger partial charge in [-0.15, -0.1) is 0 Å². The van der Waals surface area contributed by atoms with Crippen molar-refractivity contribution >= 4 is 50.7 Å². The summed E-state index contributed by atoms with van der Waals surface area (Å²) in [6.07, 6.45) is 0.604. The Labute approximate surface area is 191 Å². The van der Waals surface area contributed by atoms with Crippen molar-refractivity contribution in [3.8, 4) is 0 Å². The molecule has 2 aromatic carbocycles. The standard InChI is InChI=1S/C21H21Cl2N3O4S/c22-16-4-7-18(19(23)14-16)21(28)25-11-9-24(10-12-25)20(27)15-2-5-17(6-3-15)26-8-1-13-31(26,29)30/h2-7,14H,1,8-13H2. The first-order valence-electron chi connectivity index (χ1n) is 9.90. The zero-order chi connectivity index (χ0) is 22.2. The number of carbonyl (C=O) groups excluding carboxylic acids is 2. The molecule has 0 aliphatic carbocycles. The van der Waals surface area contributed by atoms with Crippen LogP contribution in [0.2, 0.25) is 10.0 Å². The monoisotopic (exact) mass is 481 g/mol. The molecule has 0 aromatic heterocycles. The van der Waals surface area contributed by atoms with E-state index in [4.69, 9.17) is 23.2 Å². The van der Waals surface area contributed by atoms with Gasteiger partial charge in [0.2, 0.25) is 10.0 Å². The zero-order valence-electron chi connectivity index (χ0n) is 16.6. The molecule has 2 aliphatic heterocycles. The quantitative estimate of drug-likeness (QED) is 0.674. The van der Waals surface area contributed by atoms with E-state index in [-0.39, 0.29) is 17.6 Å². The first-order valence-corrected chi connectivity index (χ1v) is 12.3. The Balaban J connectivity index is 1.38. The van der Waals surface area contributed by atoms with E-state index >= 15 is 0 Å². The first-order chi connectivity index (χ1) is 14.8. The van der Waals surface area contributed by atoms with Crippen LogP contribution in [0.15, 0.2) is 42.5 Å². The number of piperazine rings is 1. The minimum absolute atomic E-state index is 0.146. The van der Waals surface area contributed by atoms with Gasteiger partial charge in [0.05, 0.1) is 22.0 Å². The van der Waals surface area contributed by atoms with E-state index < -0.39 is 10.0 Å². The van der Waals surface area contributed by atoms with Crippen molar-refractivity contribution in [2.75, 3.05) is 42.8 Å². The fourth-order valence-corrected chi connectivity index (χ4v) is 5.88. The fraction of sp³-hybridized carbons (Fsp3) is 0.333. The Morgan fingerprint density at radius 3 is 1.97 bits per heavy atom. The summed E-state index contributed by atoms with van der Waals surface area (Å²) in [6, 6.07) is 11.4. The molecule has 2 amide bonds. The van der Waals surface area contributed by atoms with Gasteiger partial charge < -0.3 is 9.80 Å². The third-order valence-electron chi connectivity index (χ3n) is 5.52. The number of hydrogen-bond acceptors (Lipinski definition) is 4. The smallest absolute Gasteiger partial charge is 0.255 e. The third-order valence-corrected chi connectivity index (χ3v) is 7.93. The van der Waals surface area contributed by atoms with E-state index in [9.17, 15) is 18.0 Å². The molecule has 2 fully saturated rings. The highest BCUT2D eigenvalue weighted by Crippen LogP contribution is 2.25. The summed E-state index contributed by atoms with van der Waals surface area (Å²) >= 11 is 12.0. The maximum atomic E-state index is 12.9. The summed E-state index contributed by atoms with van der Waals surface area (Å²) in [6.45, 7) is 2.06. The first kappa shape index (κ1) is 21.9. The molecule has 0 N–H and O–H groups in total. The molecule has 2 saturated heterocycles. The summed E-state index contributed by atoms with van der Waals surface area (Å²) in [5, 5.41) is 0.765. The summed E-state index contributed by atoms with van der Waals surface area (Å²) < 4.78 is 25.5. The van der Waals surface area contributed by atoms with Crippen molar-refractivity contribution in [3.05, 3.63) is 63.6 Å². The van der Waals surface area contributed by atoms with Crippen LogP contribution >= 0.6 is 23.2 Å². The number of amides is 2. The van der Waals surface area contributed by atoms with E-state index in [0.717, 1.165) is 0 Å². The fourth-order valence-electron chi connectivity index (χ4n) is 3.83. The van der Waals surface area contributed by atoms with Gasteiger partial charge in [-0.2, -0.15) is 0 Å². The van der Waals surface area contributed by atoms with E-state index in [1.165, 1.54) is 10.4 Å². The lowest BCUT2D eigenvalue weighted by Gasteiger charge is -2.35. The number of nitrogens with zero attached hydrogens (tertiary/aromatic N) is 3. The highest BCUT2D eigenvalue weighted by atomic mass is 35.5. The van der Waals surface area contributed by atoms with Crippen LogP contribution < -0.4 is 4.31 Å². The molecular formula is C21H21Cl2N3O4S. The maximum absolute atomic E-state index is 12.9. The second-order valence-electron chi connectivity index (χ2n) is 7.50. The molecule has 0 saturated carbocycles. The number of carbonyl (C=O) groups is 2. The number of rotatable bonds is 3. The van der Waals surface area contributed by atoms with Crippen LogP contribution in [0.25, 0.3) is 0 Å². The number of benzene rings is 2. The number of anilines is 1. The Morgan fingerprint density at radius 2 is 1.42 bits per heavy atom. The molecule has 0 unspecified atom stereocenters. The average molecular weight is 482 g/mol. The van der Waals surface area contributed by atoms with Gasteiger partial charge in [0.15, 0.2) is 0 Å². The Bertz CT molecular complexity index is 1110. The highest BCUT2D eigenvalue weighted by Gasteiger charge is 2.29. The zero-order valence-corrected chi connectivity index (χ0v) is 19.0. The number of hydrogen-bond donors (Lipinski definition) is 0. The third kappa shape index (κ3) is 4.51. The number of halogens is 2. The normalized spacial score (nSPS) is 18.3. The predicted molar refractivity (Wildman–Crippen MR) is 120 cm³/mol. The van der Waals surface area contributed by atoms with Crippen LogP contribution in [0.4, 0.5) is 5.69 Å². The summed E-state index contributed by atoms with van der Waals surface area (Å²) in [5.74, 6) is -0.185. The van der Waals surface area contributed by atoms with Crippen LogP contribution in [0.3, 0.4) is 0 Å². The Kier molecular flexibility index (Phi) is 6.14. The minimum atomic E-state index is -3.25. The van der Waals surface area contributed by atoms with Crippen molar-refractivity contribution in [2.45, 2.75) is 6.42 Å². The molecule has 2 aliphatic rings. The van der Waals surface area contributed by atoms with Gasteiger partial charge in [-0.1, -0.05) is 23.2 Å². The Hall–Kier alpha value is -2.29. The molecule has 2 aromatic rings. The average Bonchev–Trinajstić information content (AvgIpc) is 3.12. The molecule has 7 nitrogen and oxygen atoms in total. The predicted octanol–water partition coefficient (Wildman–Crippen LogP) is 3.13. The molecule has 0 spiro atoms. The number of sulfonamides is 1. The van der Waals surface area contributed by atoms with Crippen molar-refractivity contribution in [1.82, 2.24) is 9.80 Å². The van der Waals surface area contributed by atoms with Gasteiger partial charge >= 0.3 is 0 Å².